The van der Waals surface area contributed by atoms with E-state index in [-0.39, 0.29) is 18.4 Å². The molecule has 0 unspecified atom stereocenters. The molecule has 0 aromatic heterocycles. The first-order valence-corrected chi connectivity index (χ1v) is 5.96. The van der Waals surface area contributed by atoms with E-state index in [0.717, 1.165) is 0 Å². The molecule has 0 atom stereocenters. The van der Waals surface area contributed by atoms with Crippen LogP contribution in [0.3, 0.4) is 0 Å². The maximum absolute atomic E-state index is 11.7. The Labute approximate surface area is 115 Å². The van der Waals surface area contributed by atoms with Gasteiger partial charge in [-0.15, -0.1) is 0 Å². The number of phenols is 1. The molecule has 0 heterocycles. The van der Waals surface area contributed by atoms with E-state index in [1.165, 1.54) is 24.3 Å². The van der Waals surface area contributed by atoms with Crippen molar-refractivity contribution in [3.63, 3.8) is 0 Å². The number of carbonyl (C=O) groups excluding carboxylic acids is 2. The van der Waals surface area contributed by atoms with Gasteiger partial charge in [0.15, 0.2) is 6.73 Å². The molecular weight excluding hydrogens is 258 g/mol. The number of hydrogen-bond acceptors (Lipinski definition) is 4. The first-order valence-electron chi connectivity index (χ1n) is 5.96. The Hall–Kier alpha value is -2.82. The molecule has 0 bridgehead atoms. The quantitative estimate of drug-likeness (QED) is 0.658. The van der Waals surface area contributed by atoms with E-state index >= 15 is 0 Å². The summed E-state index contributed by atoms with van der Waals surface area (Å²) < 4.78 is 4.91. The third kappa shape index (κ3) is 3.58. The highest BCUT2D eigenvalue weighted by molar-refractivity contribution is 5.94. The van der Waals surface area contributed by atoms with Gasteiger partial charge in [0.1, 0.15) is 5.75 Å². The Morgan fingerprint density at radius 2 is 1.60 bits per heavy atom. The average Bonchev–Trinajstić information content (AvgIpc) is 2.48. The van der Waals surface area contributed by atoms with Crippen molar-refractivity contribution >= 4 is 11.9 Å². The van der Waals surface area contributed by atoms with Crippen molar-refractivity contribution in [1.82, 2.24) is 5.32 Å². The molecule has 1 amide bonds. The minimum atomic E-state index is -0.571. The third-order valence-electron chi connectivity index (χ3n) is 2.57. The van der Waals surface area contributed by atoms with Crippen molar-refractivity contribution in [1.29, 1.82) is 0 Å². The van der Waals surface area contributed by atoms with Crippen molar-refractivity contribution in [2.45, 2.75) is 0 Å². The second kappa shape index (κ2) is 6.38. The van der Waals surface area contributed by atoms with E-state index in [1.807, 2.05) is 6.07 Å². The Kier molecular flexibility index (Phi) is 4.34. The van der Waals surface area contributed by atoms with Crippen LogP contribution in [0.15, 0.2) is 54.6 Å². The number of benzene rings is 2. The van der Waals surface area contributed by atoms with Crippen LogP contribution in [0.5, 0.6) is 5.75 Å². The van der Waals surface area contributed by atoms with Gasteiger partial charge in [-0.3, -0.25) is 4.79 Å². The smallest absolute Gasteiger partial charge is 0.339 e. The summed E-state index contributed by atoms with van der Waals surface area (Å²) in [5.74, 6) is -0.818. The number of hydrogen-bond donors (Lipinski definition) is 2. The third-order valence-corrected chi connectivity index (χ3v) is 2.57. The molecule has 20 heavy (non-hydrogen) atoms. The number of phenolic OH excluding ortho intramolecular Hbond substituents is 1. The Morgan fingerprint density at radius 1 is 0.950 bits per heavy atom. The van der Waals surface area contributed by atoms with Crippen LogP contribution >= 0.6 is 0 Å². The number of aromatic hydroxyl groups is 1. The lowest BCUT2D eigenvalue weighted by Gasteiger charge is -2.07. The van der Waals surface area contributed by atoms with Crippen molar-refractivity contribution < 1.29 is 19.4 Å². The first kappa shape index (κ1) is 13.6. The zero-order valence-corrected chi connectivity index (χ0v) is 10.6. The van der Waals surface area contributed by atoms with Crippen LogP contribution in [0.4, 0.5) is 0 Å². The summed E-state index contributed by atoms with van der Waals surface area (Å²) in [4.78, 5) is 23.3. The Balaban J connectivity index is 1.83. The summed E-state index contributed by atoms with van der Waals surface area (Å²) in [7, 11) is 0. The fraction of sp³-hybridized carbons (Fsp3) is 0.0667. The molecule has 2 aromatic rings. The number of amides is 1. The fourth-order valence-electron chi connectivity index (χ4n) is 1.54. The molecule has 0 aliphatic heterocycles. The van der Waals surface area contributed by atoms with Gasteiger partial charge >= 0.3 is 5.97 Å². The Bertz CT molecular complexity index is 593. The number of carbonyl (C=O) groups is 2. The lowest BCUT2D eigenvalue weighted by atomic mass is 10.2. The zero-order valence-electron chi connectivity index (χ0n) is 10.6. The van der Waals surface area contributed by atoms with Gasteiger partial charge in [-0.1, -0.05) is 18.2 Å². The molecule has 0 aliphatic rings. The highest BCUT2D eigenvalue weighted by Crippen LogP contribution is 2.10. The first-order chi connectivity index (χ1) is 9.66. The highest BCUT2D eigenvalue weighted by Gasteiger charge is 2.08. The molecule has 0 radical (unpaired) electrons. The van der Waals surface area contributed by atoms with Crippen molar-refractivity contribution in [2.75, 3.05) is 6.73 Å². The minimum Gasteiger partial charge on any atom is -0.508 e. The van der Waals surface area contributed by atoms with Crippen LogP contribution in [0.1, 0.15) is 20.7 Å². The van der Waals surface area contributed by atoms with E-state index in [9.17, 15) is 9.59 Å². The number of nitrogens with one attached hydrogen (secondary N) is 1. The summed E-state index contributed by atoms with van der Waals surface area (Å²) in [6.07, 6.45) is 0. The summed E-state index contributed by atoms with van der Waals surface area (Å²) in [5.41, 5.74) is 0.796. The van der Waals surface area contributed by atoms with E-state index in [0.29, 0.717) is 11.1 Å². The molecule has 2 aromatic carbocycles. The van der Waals surface area contributed by atoms with E-state index in [1.54, 1.807) is 24.3 Å². The van der Waals surface area contributed by atoms with Crippen LogP contribution in [-0.4, -0.2) is 23.7 Å². The summed E-state index contributed by atoms with van der Waals surface area (Å²) in [6, 6.07) is 14.3. The SMILES string of the molecule is O=C(NCOC(=O)c1ccc(O)cc1)c1ccccc1. The molecule has 0 spiro atoms. The Morgan fingerprint density at radius 3 is 2.25 bits per heavy atom. The van der Waals surface area contributed by atoms with Crippen molar-refractivity contribution in [3.05, 3.63) is 65.7 Å². The van der Waals surface area contributed by atoms with Crippen molar-refractivity contribution in [2.24, 2.45) is 0 Å². The van der Waals surface area contributed by atoms with Gasteiger partial charge in [0.2, 0.25) is 0 Å². The molecule has 5 nitrogen and oxygen atoms in total. The molecule has 2 N–H and O–H groups in total. The van der Waals surface area contributed by atoms with Gasteiger partial charge in [0, 0.05) is 5.56 Å². The predicted molar refractivity (Wildman–Crippen MR) is 72.3 cm³/mol. The molecule has 2 rings (SSSR count). The van der Waals surface area contributed by atoms with Crippen LogP contribution in [-0.2, 0) is 4.74 Å². The minimum absolute atomic E-state index is 0.0685. The van der Waals surface area contributed by atoms with E-state index in [2.05, 4.69) is 5.32 Å². The number of esters is 1. The normalized spacial score (nSPS) is 9.80. The fourth-order valence-corrected chi connectivity index (χ4v) is 1.54. The molecular formula is C15H13NO4. The molecule has 0 saturated carbocycles. The molecule has 102 valence electrons. The topological polar surface area (TPSA) is 75.6 Å². The van der Waals surface area contributed by atoms with Crippen molar-refractivity contribution in [3.8, 4) is 5.75 Å². The van der Waals surface area contributed by atoms with E-state index in [4.69, 9.17) is 9.84 Å². The second-order valence-electron chi connectivity index (χ2n) is 3.99. The molecule has 0 fully saturated rings. The largest absolute Gasteiger partial charge is 0.508 e. The second-order valence-corrected chi connectivity index (χ2v) is 3.99. The summed E-state index contributed by atoms with van der Waals surface area (Å²) in [6.45, 7) is -0.215. The van der Waals surface area contributed by atoms with E-state index < -0.39 is 5.97 Å². The molecule has 0 saturated heterocycles. The van der Waals surface area contributed by atoms with Gasteiger partial charge in [-0.25, -0.2) is 4.79 Å². The maximum Gasteiger partial charge on any atom is 0.339 e. The lowest BCUT2D eigenvalue weighted by molar-refractivity contribution is 0.0464. The molecule has 0 aliphatic carbocycles. The predicted octanol–water partition coefficient (Wildman–Crippen LogP) is 1.94. The monoisotopic (exact) mass is 271 g/mol. The van der Waals surface area contributed by atoms with Gasteiger partial charge in [-0.05, 0) is 36.4 Å². The maximum atomic E-state index is 11.7. The van der Waals surface area contributed by atoms with Crippen LogP contribution < -0.4 is 5.32 Å². The van der Waals surface area contributed by atoms with Gasteiger partial charge < -0.3 is 15.2 Å². The number of rotatable bonds is 4. The lowest BCUT2D eigenvalue weighted by Crippen LogP contribution is -2.27. The van der Waals surface area contributed by atoms with Gasteiger partial charge in [0.05, 0.1) is 5.56 Å². The number of ether oxygens (including phenoxy) is 1. The van der Waals surface area contributed by atoms with Gasteiger partial charge in [0.25, 0.3) is 5.91 Å². The standard InChI is InChI=1S/C15H13NO4/c17-13-8-6-12(7-9-13)15(19)20-10-16-14(18)11-4-2-1-3-5-11/h1-9,17H,10H2,(H,16,18). The highest BCUT2D eigenvalue weighted by atomic mass is 16.5. The van der Waals surface area contributed by atoms with Crippen LogP contribution in [0.25, 0.3) is 0 Å². The van der Waals surface area contributed by atoms with Crippen LogP contribution in [0.2, 0.25) is 0 Å². The summed E-state index contributed by atoms with van der Waals surface area (Å²) >= 11 is 0. The zero-order chi connectivity index (χ0) is 14.4. The van der Waals surface area contributed by atoms with Gasteiger partial charge in [-0.2, -0.15) is 0 Å². The summed E-state index contributed by atoms with van der Waals surface area (Å²) in [5, 5.41) is 11.6. The van der Waals surface area contributed by atoms with Crippen LogP contribution in [0, 0.1) is 0 Å². The average molecular weight is 271 g/mol. The molecule has 5 heteroatoms.